The highest BCUT2D eigenvalue weighted by atomic mass is 15.3. The number of rotatable bonds is 6. The van der Waals surface area contributed by atoms with Gasteiger partial charge in [-0.05, 0) is 38.3 Å². The number of hydrogen-bond acceptors (Lipinski definition) is 3. The molecule has 0 aromatic rings. The lowest BCUT2D eigenvalue weighted by Gasteiger charge is -2.35. The molecule has 0 aromatic heterocycles. The van der Waals surface area contributed by atoms with Gasteiger partial charge >= 0.3 is 0 Å². The Morgan fingerprint density at radius 1 is 1.19 bits per heavy atom. The highest BCUT2D eigenvalue weighted by Gasteiger charge is 2.30. The van der Waals surface area contributed by atoms with Crippen LogP contribution in [0.15, 0.2) is 0 Å². The molecule has 94 valence electrons. The molecule has 0 radical (unpaired) electrons. The van der Waals surface area contributed by atoms with E-state index >= 15 is 0 Å². The molecule has 1 heterocycles. The van der Waals surface area contributed by atoms with Crippen molar-refractivity contribution in [3.8, 4) is 0 Å². The predicted octanol–water partition coefficient (Wildman–Crippen LogP) is 1.14. The SMILES string of the molecule is CCC(CN)CCN1CCN(C2CC2)CC1. The van der Waals surface area contributed by atoms with E-state index in [0.717, 1.165) is 18.5 Å². The van der Waals surface area contributed by atoms with E-state index in [-0.39, 0.29) is 0 Å². The van der Waals surface area contributed by atoms with Crippen molar-refractivity contribution in [2.24, 2.45) is 11.7 Å². The van der Waals surface area contributed by atoms with Crippen molar-refractivity contribution in [2.45, 2.75) is 38.6 Å². The first-order valence-electron chi connectivity index (χ1n) is 7.00. The molecule has 16 heavy (non-hydrogen) atoms. The Labute approximate surface area is 100.0 Å². The predicted molar refractivity (Wildman–Crippen MR) is 68.5 cm³/mol. The fourth-order valence-electron chi connectivity index (χ4n) is 2.65. The van der Waals surface area contributed by atoms with E-state index in [1.807, 2.05) is 0 Å². The molecule has 1 saturated heterocycles. The third kappa shape index (κ3) is 3.44. The highest BCUT2D eigenvalue weighted by molar-refractivity contribution is 4.87. The van der Waals surface area contributed by atoms with Crippen molar-refractivity contribution in [1.82, 2.24) is 9.80 Å². The van der Waals surface area contributed by atoms with Gasteiger partial charge in [-0.15, -0.1) is 0 Å². The molecular formula is C13H27N3. The summed E-state index contributed by atoms with van der Waals surface area (Å²) in [4.78, 5) is 5.30. The summed E-state index contributed by atoms with van der Waals surface area (Å²) in [7, 11) is 0. The first kappa shape index (κ1) is 12.3. The summed E-state index contributed by atoms with van der Waals surface area (Å²) in [6.07, 6.45) is 5.42. The summed E-state index contributed by atoms with van der Waals surface area (Å²) in [5, 5.41) is 0. The van der Waals surface area contributed by atoms with Crippen LogP contribution in [0.5, 0.6) is 0 Å². The fourth-order valence-corrected chi connectivity index (χ4v) is 2.65. The smallest absolute Gasteiger partial charge is 0.0113 e. The average Bonchev–Trinajstić information content (AvgIpc) is 3.15. The third-order valence-corrected chi connectivity index (χ3v) is 4.23. The molecule has 0 aromatic carbocycles. The molecule has 2 N–H and O–H groups in total. The second-order valence-electron chi connectivity index (χ2n) is 5.41. The van der Waals surface area contributed by atoms with Crippen LogP contribution >= 0.6 is 0 Å². The number of hydrogen-bond donors (Lipinski definition) is 1. The summed E-state index contributed by atoms with van der Waals surface area (Å²) >= 11 is 0. The monoisotopic (exact) mass is 225 g/mol. The van der Waals surface area contributed by atoms with Crippen LogP contribution in [0, 0.1) is 5.92 Å². The molecule has 1 saturated carbocycles. The summed E-state index contributed by atoms with van der Waals surface area (Å²) in [6.45, 7) is 9.51. The maximum Gasteiger partial charge on any atom is 0.0113 e. The normalized spacial score (nSPS) is 25.9. The molecule has 3 nitrogen and oxygen atoms in total. The van der Waals surface area contributed by atoms with E-state index in [2.05, 4.69) is 16.7 Å². The molecule has 0 bridgehead atoms. The molecule has 3 heteroatoms. The van der Waals surface area contributed by atoms with Gasteiger partial charge in [0.2, 0.25) is 0 Å². The van der Waals surface area contributed by atoms with Gasteiger partial charge in [0.15, 0.2) is 0 Å². The summed E-state index contributed by atoms with van der Waals surface area (Å²) < 4.78 is 0. The Balaban J connectivity index is 1.60. The Bertz CT molecular complexity index is 191. The molecule has 2 fully saturated rings. The first-order valence-corrected chi connectivity index (χ1v) is 7.00. The summed E-state index contributed by atoms with van der Waals surface area (Å²) in [5.41, 5.74) is 5.74. The molecule has 1 unspecified atom stereocenters. The molecular weight excluding hydrogens is 198 g/mol. The standard InChI is InChI=1S/C13H27N3/c1-2-12(11-14)5-6-15-7-9-16(10-8-15)13-3-4-13/h12-13H,2-11,14H2,1H3. The largest absolute Gasteiger partial charge is 0.330 e. The van der Waals surface area contributed by atoms with Crippen LogP contribution in [0.3, 0.4) is 0 Å². The van der Waals surface area contributed by atoms with Crippen LogP contribution < -0.4 is 5.73 Å². The quantitative estimate of drug-likeness (QED) is 0.736. The van der Waals surface area contributed by atoms with Crippen LogP contribution in [-0.4, -0.2) is 55.1 Å². The van der Waals surface area contributed by atoms with E-state index in [4.69, 9.17) is 5.73 Å². The van der Waals surface area contributed by atoms with Crippen LogP contribution in [0.2, 0.25) is 0 Å². The number of nitrogens with two attached hydrogens (primary N) is 1. The van der Waals surface area contributed by atoms with E-state index in [9.17, 15) is 0 Å². The summed E-state index contributed by atoms with van der Waals surface area (Å²) in [5.74, 6) is 0.737. The van der Waals surface area contributed by atoms with Gasteiger partial charge in [0.05, 0.1) is 0 Å². The zero-order chi connectivity index (χ0) is 11.4. The molecule has 1 aliphatic heterocycles. The van der Waals surface area contributed by atoms with E-state index in [0.29, 0.717) is 0 Å². The van der Waals surface area contributed by atoms with Crippen LogP contribution in [0.4, 0.5) is 0 Å². The van der Waals surface area contributed by atoms with Gasteiger partial charge in [-0.25, -0.2) is 0 Å². The third-order valence-electron chi connectivity index (χ3n) is 4.23. The van der Waals surface area contributed by atoms with Crippen molar-refractivity contribution >= 4 is 0 Å². The van der Waals surface area contributed by atoms with Crippen molar-refractivity contribution in [1.29, 1.82) is 0 Å². The Hall–Kier alpha value is -0.120. The second-order valence-corrected chi connectivity index (χ2v) is 5.41. The Morgan fingerprint density at radius 2 is 1.88 bits per heavy atom. The van der Waals surface area contributed by atoms with Crippen LogP contribution in [-0.2, 0) is 0 Å². The van der Waals surface area contributed by atoms with Gasteiger partial charge in [0, 0.05) is 32.2 Å². The molecule has 1 aliphatic carbocycles. The molecule has 2 rings (SSSR count). The Kier molecular flexibility index (Phi) is 4.62. The van der Waals surface area contributed by atoms with Crippen molar-refractivity contribution in [3.05, 3.63) is 0 Å². The number of piperazine rings is 1. The van der Waals surface area contributed by atoms with Crippen molar-refractivity contribution in [2.75, 3.05) is 39.3 Å². The van der Waals surface area contributed by atoms with Crippen LogP contribution in [0.25, 0.3) is 0 Å². The lowest BCUT2D eigenvalue weighted by Crippen LogP contribution is -2.47. The molecule has 1 atom stereocenters. The van der Waals surface area contributed by atoms with Gasteiger partial charge in [-0.3, -0.25) is 4.90 Å². The second kappa shape index (κ2) is 5.99. The van der Waals surface area contributed by atoms with Crippen LogP contribution in [0.1, 0.15) is 32.6 Å². The Morgan fingerprint density at radius 3 is 2.38 bits per heavy atom. The lowest BCUT2D eigenvalue weighted by molar-refractivity contribution is 0.121. The maximum absolute atomic E-state index is 5.74. The first-order chi connectivity index (χ1) is 7.83. The van der Waals surface area contributed by atoms with E-state index in [1.165, 1.54) is 58.4 Å². The van der Waals surface area contributed by atoms with E-state index < -0.39 is 0 Å². The van der Waals surface area contributed by atoms with Gasteiger partial charge in [0.25, 0.3) is 0 Å². The lowest BCUT2D eigenvalue weighted by atomic mass is 10.0. The fraction of sp³-hybridized carbons (Fsp3) is 1.00. The van der Waals surface area contributed by atoms with Crippen molar-refractivity contribution in [3.63, 3.8) is 0 Å². The van der Waals surface area contributed by atoms with Crippen molar-refractivity contribution < 1.29 is 0 Å². The van der Waals surface area contributed by atoms with Gasteiger partial charge < -0.3 is 10.6 Å². The molecule has 2 aliphatic rings. The highest BCUT2D eigenvalue weighted by Crippen LogP contribution is 2.27. The minimum Gasteiger partial charge on any atom is -0.330 e. The zero-order valence-corrected chi connectivity index (χ0v) is 10.7. The minimum absolute atomic E-state index is 0.737. The average molecular weight is 225 g/mol. The van der Waals surface area contributed by atoms with E-state index in [1.54, 1.807) is 0 Å². The topological polar surface area (TPSA) is 32.5 Å². The molecule has 0 spiro atoms. The van der Waals surface area contributed by atoms with Gasteiger partial charge in [-0.1, -0.05) is 13.3 Å². The van der Waals surface area contributed by atoms with Gasteiger partial charge in [-0.2, -0.15) is 0 Å². The minimum atomic E-state index is 0.737. The zero-order valence-electron chi connectivity index (χ0n) is 10.7. The van der Waals surface area contributed by atoms with Gasteiger partial charge in [0.1, 0.15) is 0 Å². The molecule has 0 amide bonds. The summed E-state index contributed by atoms with van der Waals surface area (Å²) in [6, 6.07) is 0.953. The maximum atomic E-state index is 5.74. The number of nitrogens with zero attached hydrogens (tertiary/aromatic N) is 2.